The molecule has 0 aliphatic carbocycles. The van der Waals surface area contributed by atoms with Crippen molar-refractivity contribution < 1.29 is 15.0 Å². The highest BCUT2D eigenvalue weighted by Gasteiger charge is 2.11. The summed E-state index contributed by atoms with van der Waals surface area (Å²) in [6.45, 7) is 1.93. The molecule has 0 saturated carbocycles. The van der Waals surface area contributed by atoms with Gasteiger partial charge >= 0.3 is 5.97 Å². The standard InChI is InChI=1S/C20H15N5O3/c1-12-6-17(15-7-16(26)9-21-8-15)22-10-19(12)25-11-18(23-24-25)13-2-4-14(5-3-13)20(27)28/h2-11,26H,1H3,(H,27,28). The van der Waals surface area contributed by atoms with E-state index in [1.165, 1.54) is 18.3 Å². The SMILES string of the molecule is Cc1cc(-c2cncc(O)c2)ncc1-n1cc(-c2ccc(C(=O)O)cc2)nn1. The van der Waals surface area contributed by atoms with Gasteiger partial charge in [0.15, 0.2) is 0 Å². The van der Waals surface area contributed by atoms with E-state index in [-0.39, 0.29) is 11.3 Å². The monoisotopic (exact) mass is 373 g/mol. The number of carbonyl (C=O) groups is 1. The number of rotatable bonds is 4. The molecule has 0 amide bonds. The number of benzene rings is 1. The lowest BCUT2D eigenvalue weighted by molar-refractivity contribution is 0.0697. The van der Waals surface area contributed by atoms with E-state index in [1.807, 2.05) is 13.0 Å². The van der Waals surface area contributed by atoms with Crippen LogP contribution in [0.5, 0.6) is 5.75 Å². The third kappa shape index (κ3) is 3.30. The number of aryl methyl sites for hydroxylation is 1. The molecule has 0 spiro atoms. The molecule has 8 nitrogen and oxygen atoms in total. The highest BCUT2D eigenvalue weighted by molar-refractivity contribution is 5.88. The molecular formula is C20H15N5O3. The van der Waals surface area contributed by atoms with Gasteiger partial charge in [-0.25, -0.2) is 9.48 Å². The maximum absolute atomic E-state index is 11.0. The zero-order valence-electron chi connectivity index (χ0n) is 14.8. The molecule has 0 atom stereocenters. The number of hydrogen-bond acceptors (Lipinski definition) is 6. The van der Waals surface area contributed by atoms with E-state index in [9.17, 15) is 9.90 Å². The van der Waals surface area contributed by atoms with E-state index in [0.29, 0.717) is 17.0 Å². The second kappa shape index (κ2) is 6.92. The molecular weight excluding hydrogens is 358 g/mol. The van der Waals surface area contributed by atoms with Crippen LogP contribution in [-0.2, 0) is 0 Å². The van der Waals surface area contributed by atoms with E-state index in [1.54, 1.807) is 41.5 Å². The summed E-state index contributed by atoms with van der Waals surface area (Å²) in [6, 6.07) is 9.93. The molecule has 138 valence electrons. The quantitative estimate of drug-likeness (QED) is 0.565. The summed E-state index contributed by atoms with van der Waals surface area (Å²) in [5, 5.41) is 26.9. The average Bonchev–Trinajstić information content (AvgIpc) is 3.18. The van der Waals surface area contributed by atoms with Crippen molar-refractivity contribution in [2.45, 2.75) is 6.92 Å². The Kier molecular flexibility index (Phi) is 4.29. The molecule has 0 unspecified atom stereocenters. The van der Waals surface area contributed by atoms with Crippen molar-refractivity contribution in [3.8, 4) is 34.0 Å². The van der Waals surface area contributed by atoms with E-state index >= 15 is 0 Å². The maximum Gasteiger partial charge on any atom is 0.335 e. The van der Waals surface area contributed by atoms with Gasteiger partial charge in [0.25, 0.3) is 0 Å². The highest BCUT2D eigenvalue weighted by Crippen LogP contribution is 2.24. The van der Waals surface area contributed by atoms with Gasteiger partial charge in [0.2, 0.25) is 0 Å². The lowest BCUT2D eigenvalue weighted by atomic mass is 10.1. The molecule has 0 aliphatic rings. The van der Waals surface area contributed by atoms with E-state index < -0.39 is 5.97 Å². The topological polar surface area (TPSA) is 114 Å². The molecule has 0 radical (unpaired) electrons. The molecule has 2 N–H and O–H groups in total. The number of carboxylic acid groups (broad SMARTS) is 1. The summed E-state index contributed by atoms with van der Waals surface area (Å²) in [5.74, 6) is -0.894. The molecule has 3 heterocycles. The Morgan fingerprint density at radius 3 is 2.46 bits per heavy atom. The van der Waals surface area contributed by atoms with Crippen LogP contribution < -0.4 is 0 Å². The van der Waals surface area contributed by atoms with Gasteiger partial charge in [0.1, 0.15) is 11.4 Å². The number of pyridine rings is 2. The molecule has 4 aromatic rings. The molecule has 1 aromatic carbocycles. The summed E-state index contributed by atoms with van der Waals surface area (Å²) >= 11 is 0. The second-order valence-electron chi connectivity index (χ2n) is 6.22. The predicted molar refractivity (Wildman–Crippen MR) is 101 cm³/mol. The van der Waals surface area contributed by atoms with E-state index in [2.05, 4.69) is 20.3 Å². The average molecular weight is 373 g/mol. The van der Waals surface area contributed by atoms with Crippen LogP contribution in [0.1, 0.15) is 15.9 Å². The Morgan fingerprint density at radius 1 is 1.00 bits per heavy atom. The lowest BCUT2D eigenvalue weighted by Crippen LogP contribution is -2.00. The molecule has 28 heavy (non-hydrogen) atoms. The minimum absolute atomic E-state index is 0.0795. The number of aromatic carboxylic acids is 1. The van der Waals surface area contributed by atoms with Gasteiger partial charge in [-0.1, -0.05) is 17.3 Å². The predicted octanol–water partition coefficient (Wildman–Crippen LogP) is 3.10. The van der Waals surface area contributed by atoms with Crippen molar-refractivity contribution >= 4 is 5.97 Å². The molecule has 8 heteroatoms. The largest absolute Gasteiger partial charge is 0.506 e. The first-order valence-corrected chi connectivity index (χ1v) is 8.39. The normalized spacial score (nSPS) is 10.8. The fourth-order valence-corrected chi connectivity index (χ4v) is 2.81. The molecule has 0 saturated heterocycles. The van der Waals surface area contributed by atoms with Crippen LogP contribution in [0.25, 0.3) is 28.2 Å². The lowest BCUT2D eigenvalue weighted by Gasteiger charge is -2.07. The van der Waals surface area contributed by atoms with Gasteiger partial charge in [-0.15, -0.1) is 5.10 Å². The Labute approximate surface area is 159 Å². The Hall–Kier alpha value is -4.07. The van der Waals surface area contributed by atoms with Crippen molar-refractivity contribution in [1.29, 1.82) is 0 Å². The number of hydrogen-bond donors (Lipinski definition) is 2. The Bertz CT molecular complexity index is 1170. The third-order valence-electron chi connectivity index (χ3n) is 4.27. The van der Waals surface area contributed by atoms with Gasteiger partial charge in [-0.2, -0.15) is 0 Å². The fourth-order valence-electron chi connectivity index (χ4n) is 2.81. The molecule has 0 bridgehead atoms. The number of nitrogens with zero attached hydrogens (tertiary/aromatic N) is 5. The summed E-state index contributed by atoms with van der Waals surface area (Å²) in [7, 11) is 0. The smallest absolute Gasteiger partial charge is 0.335 e. The van der Waals surface area contributed by atoms with Gasteiger partial charge in [0.05, 0.1) is 35.5 Å². The van der Waals surface area contributed by atoms with Crippen LogP contribution in [0.15, 0.2) is 61.2 Å². The van der Waals surface area contributed by atoms with Crippen LogP contribution in [0.2, 0.25) is 0 Å². The van der Waals surface area contributed by atoms with Crippen LogP contribution >= 0.6 is 0 Å². The van der Waals surface area contributed by atoms with Crippen LogP contribution in [0.4, 0.5) is 0 Å². The van der Waals surface area contributed by atoms with Crippen molar-refractivity contribution in [1.82, 2.24) is 25.0 Å². The summed E-state index contributed by atoms with van der Waals surface area (Å²) in [6.07, 6.45) is 6.44. The van der Waals surface area contributed by atoms with Crippen molar-refractivity contribution in [2.75, 3.05) is 0 Å². The summed E-state index contributed by atoms with van der Waals surface area (Å²) in [5.41, 5.74) is 4.70. The van der Waals surface area contributed by atoms with Crippen molar-refractivity contribution in [2.24, 2.45) is 0 Å². The molecule has 4 rings (SSSR count). The summed E-state index contributed by atoms with van der Waals surface area (Å²) in [4.78, 5) is 19.4. The summed E-state index contributed by atoms with van der Waals surface area (Å²) < 4.78 is 1.62. The van der Waals surface area contributed by atoms with Crippen LogP contribution in [0.3, 0.4) is 0 Å². The first-order valence-electron chi connectivity index (χ1n) is 8.39. The van der Waals surface area contributed by atoms with E-state index in [0.717, 1.165) is 16.8 Å². The third-order valence-corrected chi connectivity index (χ3v) is 4.27. The van der Waals surface area contributed by atoms with Crippen molar-refractivity contribution in [3.05, 3.63) is 72.3 Å². The number of aromatic nitrogens is 5. The van der Waals surface area contributed by atoms with Gasteiger partial charge in [-0.3, -0.25) is 9.97 Å². The Balaban J connectivity index is 1.64. The van der Waals surface area contributed by atoms with Gasteiger partial charge in [0, 0.05) is 17.3 Å². The first kappa shape index (κ1) is 17.3. The molecule has 3 aromatic heterocycles. The maximum atomic E-state index is 11.0. The van der Waals surface area contributed by atoms with Gasteiger partial charge < -0.3 is 10.2 Å². The molecule has 0 aliphatic heterocycles. The van der Waals surface area contributed by atoms with E-state index in [4.69, 9.17) is 5.11 Å². The van der Waals surface area contributed by atoms with Gasteiger partial charge in [-0.05, 0) is 36.8 Å². The number of carboxylic acids is 1. The number of aromatic hydroxyl groups is 1. The first-order chi connectivity index (χ1) is 13.5. The zero-order chi connectivity index (χ0) is 19.7. The Morgan fingerprint density at radius 2 is 1.79 bits per heavy atom. The highest BCUT2D eigenvalue weighted by atomic mass is 16.4. The van der Waals surface area contributed by atoms with Crippen molar-refractivity contribution in [3.63, 3.8) is 0 Å². The minimum Gasteiger partial charge on any atom is -0.506 e. The second-order valence-corrected chi connectivity index (χ2v) is 6.22. The van der Waals surface area contributed by atoms with Crippen LogP contribution in [0, 0.1) is 6.92 Å². The van der Waals surface area contributed by atoms with Crippen LogP contribution in [-0.4, -0.2) is 41.1 Å². The minimum atomic E-state index is -0.973. The fraction of sp³-hybridized carbons (Fsp3) is 0.0500. The zero-order valence-corrected chi connectivity index (χ0v) is 14.8. The molecule has 0 fully saturated rings.